The van der Waals surface area contributed by atoms with Gasteiger partial charge in [0.1, 0.15) is 0 Å². The zero-order chi connectivity index (χ0) is 15.2. The largest absolute Gasteiger partial charge is 0.305 e. The smallest absolute Gasteiger partial charge is 0.0627 e. The Balaban J connectivity index is 2.22. The molecule has 0 aromatic heterocycles. The number of hydrazine groups is 1. The molecule has 21 heavy (non-hydrogen) atoms. The van der Waals surface area contributed by atoms with Gasteiger partial charge >= 0.3 is 0 Å². The summed E-state index contributed by atoms with van der Waals surface area (Å²) in [6, 6.07) is 9.45. The quantitative estimate of drug-likeness (QED) is 0.641. The Morgan fingerprint density at radius 1 is 1.33 bits per heavy atom. The standard InChI is InChI=1S/C17H30N4/c1-4-7-14-8-5-9-15(12-14)17(19-18)16-13-20(2)10-6-11-21(16)3/h5,8-9,12,16-17,19H,4,6-7,10-11,13,18H2,1-3H3. The first-order valence-corrected chi connectivity index (χ1v) is 8.09. The highest BCUT2D eigenvalue weighted by Crippen LogP contribution is 2.23. The molecule has 2 rings (SSSR count). The van der Waals surface area contributed by atoms with E-state index in [1.165, 1.54) is 24.0 Å². The maximum absolute atomic E-state index is 5.92. The van der Waals surface area contributed by atoms with Gasteiger partial charge in [-0.3, -0.25) is 11.3 Å². The molecular formula is C17H30N4. The molecule has 4 heteroatoms. The second-order valence-corrected chi connectivity index (χ2v) is 6.30. The highest BCUT2D eigenvalue weighted by molar-refractivity contribution is 5.27. The molecule has 1 fully saturated rings. The lowest BCUT2D eigenvalue weighted by Gasteiger charge is -2.34. The zero-order valence-corrected chi connectivity index (χ0v) is 13.7. The SMILES string of the molecule is CCCc1cccc(C(NN)C2CN(C)CCCN2C)c1. The molecule has 0 bridgehead atoms. The van der Waals surface area contributed by atoms with Crippen molar-refractivity contribution in [2.24, 2.45) is 5.84 Å². The number of nitrogens with two attached hydrogens (primary N) is 1. The Kier molecular flexibility index (Phi) is 6.18. The molecule has 118 valence electrons. The van der Waals surface area contributed by atoms with Crippen molar-refractivity contribution in [2.45, 2.75) is 38.3 Å². The van der Waals surface area contributed by atoms with Gasteiger partial charge in [-0.05, 0) is 51.2 Å². The van der Waals surface area contributed by atoms with E-state index in [0.29, 0.717) is 6.04 Å². The van der Waals surface area contributed by atoms with Crippen LogP contribution in [0.3, 0.4) is 0 Å². The summed E-state index contributed by atoms with van der Waals surface area (Å²) in [6.45, 7) is 5.55. The summed E-state index contributed by atoms with van der Waals surface area (Å²) >= 11 is 0. The number of nitrogens with one attached hydrogen (secondary N) is 1. The van der Waals surface area contributed by atoms with Crippen LogP contribution in [0.15, 0.2) is 24.3 Å². The second kappa shape index (κ2) is 7.90. The summed E-state index contributed by atoms with van der Waals surface area (Å²) < 4.78 is 0. The van der Waals surface area contributed by atoms with Crippen molar-refractivity contribution in [1.29, 1.82) is 0 Å². The van der Waals surface area contributed by atoms with Crippen LogP contribution in [0.1, 0.15) is 36.9 Å². The molecule has 3 N–H and O–H groups in total. The summed E-state index contributed by atoms with van der Waals surface area (Å²) in [7, 11) is 4.41. The van der Waals surface area contributed by atoms with Gasteiger partial charge < -0.3 is 9.80 Å². The maximum Gasteiger partial charge on any atom is 0.0627 e. The van der Waals surface area contributed by atoms with E-state index in [1.807, 2.05) is 0 Å². The van der Waals surface area contributed by atoms with Crippen molar-refractivity contribution in [3.63, 3.8) is 0 Å². The van der Waals surface area contributed by atoms with E-state index in [-0.39, 0.29) is 6.04 Å². The Hall–Kier alpha value is -0.940. The average molecular weight is 290 g/mol. The Morgan fingerprint density at radius 2 is 2.14 bits per heavy atom. The van der Waals surface area contributed by atoms with Crippen LogP contribution in [0.4, 0.5) is 0 Å². The van der Waals surface area contributed by atoms with Crippen LogP contribution < -0.4 is 11.3 Å². The van der Waals surface area contributed by atoms with Gasteiger partial charge in [-0.15, -0.1) is 0 Å². The zero-order valence-electron chi connectivity index (χ0n) is 13.7. The Morgan fingerprint density at radius 3 is 2.86 bits per heavy atom. The van der Waals surface area contributed by atoms with Gasteiger partial charge in [-0.1, -0.05) is 37.6 Å². The molecule has 4 nitrogen and oxygen atoms in total. The van der Waals surface area contributed by atoms with E-state index in [1.54, 1.807) is 0 Å². The lowest BCUT2D eigenvalue weighted by atomic mass is 9.96. The number of likely N-dealkylation sites (N-methyl/N-ethyl adjacent to an activating group) is 2. The molecule has 2 unspecified atom stereocenters. The van der Waals surface area contributed by atoms with E-state index in [0.717, 1.165) is 26.1 Å². The third-order valence-electron chi connectivity index (χ3n) is 4.53. The second-order valence-electron chi connectivity index (χ2n) is 6.30. The molecule has 1 aliphatic heterocycles. The lowest BCUT2D eigenvalue weighted by Crippen LogP contribution is -2.48. The van der Waals surface area contributed by atoms with Gasteiger partial charge in [-0.25, -0.2) is 0 Å². The first kappa shape index (κ1) is 16.4. The summed E-state index contributed by atoms with van der Waals surface area (Å²) in [5.41, 5.74) is 5.77. The number of hydrogen-bond acceptors (Lipinski definition) is 4. The Labute approximate surface area is 129 Å². The lowest BCUT2D eigenvalue weighted by molar-refractivity contribution is 0.178. The van der Waals surface area contributed by atoms with Crippen LogP contribution in [-0.4, -0.2) is 49.6 Å². The minimum Gasteiger partial charge on any atom is -0.305 e. The first-order valence-electron chi connectivity index (χ1n) is 8.09. The van der Waals surface area contributed by atoms with Crippen molar-refractivity contribution in [1.82, 2.24) is 15.2 Å². The van der Waals surface area contributed by atoms with Crippen LogP contribution in [-0.2, 0) is 6.42 Å². The molecular weight excluding hydrogens is 260 g/mol. The molecule has 0 aliphatic carbocycles. The number of benzene rings is 1. The van der Waals surface area contributed by atoms with Gasteiger partial charge in [-0.2, -0.15) is 0 Å². The summed E-state index contributed by atoms with van der Waals surface area (Å²) in [6.07, 6.45) is 3.53. The fraction of sp³-hybridized carbons (Fsp3) is 0.647. The summed E-state index contributed by atoms with van der Waals surface area (Å²) in [5.74, 6) is 5.92. The van der Waals surface area contributed by atoms with Gasteiger partial charge in [0.2, 0.25) is 0 Å². The Bertz CT molecular complexity index is 435. The van der Waals surface area contributed by atoms with E-state index >= 15 is 0 Å². The predicted octanol–water partition coefficient (Wildman–Crippen LogP) is 1.78. The highest BCUT2D eigenvalue weighted by Gasteiger charge is 2.29. The highest BCUT2D eigenvalue weighted by atomic mass is 15.3. The number of nitrogens with zero attached hydrogens (tertiary/aromatic N) is 2. The van der Waals surface area contributed by atoms with E-state index in [4.69, 9.17) is 5.84 Å². The van der Waals surface area contributed by atoms with Gasteiger partial charge in [0.15, 0.2) is 0 Å². The van der Waals surface area contributed by atoms with E-state index in [9.17, 15) is 0 Å². The van der Waals surface area contributed by atoms with Crippen molar-refractivity contribution in [3.05, 3.63) is 35.4 Å². The van der Waals surface area contributed by atoms with Gasteiger partial charge in [0, 0.05) is 12.6 Å². The fourth-order valence-electron chi connectivity index (χ4n) is 3.33. The van der Waals surface area contributed by atoms with Crippen LogP contribution in [0.2, 0.25) is 0 Å². The minimum absolute atomic E-state index is 0.173. The van der Waals surface area contributed by atoms with E-state index < -0.39 is 0 Å². The maximum atomic E-state index is 5.92. The monoisotopic (exact) mass is 290 g/mol. The van der Waals surface area contributed by atoms with Gasteiger partial charge in [0.05, 0.1) is 6.04 Å². The molecule has 1 heterocycles. The third kappa shape index (κ3) is 4.27. The van der Waals surface area contributed by atoms with Crippen LogP contribution in [0, 0.1) is 0 Å². The molecule has 0 saturated carbocycles. The number of rotatable bonds is 5. The van der Waals surface area contributed by atoms with Crippen molar-refractivity contribution < 1.29 is 0 Å². The van der Waals surface area contributed by atoms with Crippen LogP contribution in [0.5, 0.6) is 0 Å². The minimum atomic E-state index is 0.173. The summed E-state index contributed by atoms with van der Waals surface area (Å²) in [5, 5.41) is 0. The van der Waals surface area contributed by atoms with Crippen LogP contribution >= 0.6 is 0 Å². The average Bonchev–Trinajstić information content (AvgIpc) is 2.63. The molecule has 1 saturated heterocycles. The summed E-state index contributed by atoms with van der Waals surface area (Å²) in [4.78, 5) is 4.86. The fourth-order valence-corrected chi connectivity index (χ4v) is 3.33. The predicted molar refractivity (Wildman–Crippen MR) is 89.0 cm³/mol. The van der Waals surface area contributed by atoms with Gasteiger partial charge in [0.25, 0.3) is 0 Å². The molecule has 0 amide bonds. The topological polar surface area (TPSA) is 44.5 Å². The molecule has 0 spiro atoms. The normalized spacial score (nSPS) is 23.0. The molecule has 1 aliphatic rings. The van der Waals surface area contributed by atoms with Crippen LogP contribution in [0.25, 0.3) is 0 Å². The molecule has 1 aromatic carbocycles. The van der Waals surface area contributed by atoms with Crippen molar-refractivity contribution in [2.75, 3.05) is 33.7 Å². The molecule has 1 aromatic rings. The third-order valence-corrected chi connectivity index (χ3v) is 4.53. The van der Waals surface area contributed by atoms with Crippen molar-refractivity contribution >= 4 is 0 Å². The number of hydrogen-bond donors (Lipinski definition) is 2. The first-order chi connectivity index (χ1) is 10.2. The van der Waals surface area contributed by atoms with Crippen molar-refractivity contribution in [3.8, 4) is 0 Å². The van der Waals surface area contributed by atoms with E-state index in [2.05, 4.69) is 60.5 Å². The molecule has 2 atom stereocenters. The molecule has 0 radical (unpaired) electrons. The number of aryl methyl sites for hydroxylation is 1.